The molecule has 0 aliphatic carbocycles. The number of carbonyl (C=O) groups excluding carboxylic acids is 1. The Morgan fingerprint density at radius 1 is 1.40 bits per heavy atom. The molecular weight excluding hydrogens is 324 g/mol. The van der Waals surface area contributed by atoms with Crippen LogP contribution < -0.4 is 10.6 Å². The van der Waals surface area contributed by atoms with Crippen molar-refractivity contribution in [2.45, 2.75) is 32.2 Å². The smallest absolute Gasteiger partial charge is 0.320 e. The molecule has 1 aromatic carbocycles. The topological polar surface area (TPSA) is 78.4 Å². The molecule has 1 amide bonds. The number of amides is 1. The number of carboxylic acids is 1. The van der Waals surface area contributed by atoms with Crippen molar-refractivity contribution in [1.29, 1.82) is 0 Å². The monoisotopic (exact) mass is 342 g/mol. The lowest BCUT2D eigenvalue weighted by Gasteiger charge is -2.13. The van der Waals surface area contributed by atoms with Gasteiger partial charge in [-0.05, 0) is 24.6 Å². The first-order valence-electron chi connectivity index (χ1n) is 6.54. The van der Waals surface area contributed by atoms with Crippen molar-refractivity contribution >= 4 is 33.5 Å². The average Bonchev–Trinajstić information content (AvgIpc) is 2.37. The predicted octanol–water partition coefficient (Wildman–Crippen LogP) is 2.62. The fraction of sp³-hybridized carbons (Fsp3) is 0.429. The first-order valence-corrected chi connectivity index (χ1v) is 7.34. The lowest BCUT2D eigenvalue weighted by Crippen LogP contribution is -2.38. The van der Waals surface area contributed by atoms with Crippen molar-refractivity contribution in [3.05, 3.63) is 28.7 Å². The Kier molecular flexibility index (Phi) is 7.25. The van der Waals surface area contributed by atoms with Gasteiger partial charge < -0.3 is 15.7 Å². The molecule has 0 aromatic heterocycles. The zero-order chi connectivity index (χ0) is 15.0. The highest BCUT2D eigenvalue weighted by Crippen LogP contribution is 2.15. The van der Waals surface area contributed by atoms with Crippen LogP contribution in [0.1, 0.15) is 26.2 Å². The highest BCUT2D eigenvalue weighted by Gasteiger charge is 2.15. The molecule has 0 aliphatic rings. The van der Waals surface area contributed by atoms with E-state index >= 15 is 0 Å². The normalized spacial score (nSPS) is 11.9. The molecule has 6 heteroatoms. The minimum absolute atomic E-state index is 0.142. The minimum Gasteiger partial charge on any atom is -0.480 e. The van der Waals surface area contributed by atoms with Crippen LogP contribution in [0, 0.1) is 0 Å². The number of anilines is 1. The van der Waals surface area contributed by atoms with Crippen molar-refractivity contribution < 1.29 is 14.7 Å². The molecule has 0 heterocycles. The van der Waals surface area contributed by atoms with Crippen LogP contribution in [-0.2, 0) is 9.59 Å². The van der Waals surface area contributed by atoms with Crippen LogP contribution >= 0.6 is 15.9 Å². The summed E-state index contributed by atoms with van der Waals surface area (Å²) in [7, 11) is 0. The van der Waals surface area contributed by atoms with E-state index in [1.165, 1.54) is 0 Å². The van der Waals surface area contributed by atoms with E-state index in [1.54, 1.807) is 6.07 Å². The summed E-state index contributed by atoms with van der Waals surface area (Å²) in [5.74, 6) is -1.02. The minimum atomic E-state index is -0.876. The Hall–Kier alpha value is -1.40. The van der Waals surface area contributed by atoms with Gasteiger partial charge in [-0.1, -0.05) is 35.3 Å². The largest absolute Gasteiger partial charge is 0.480 e. The van der Waals surface area contributed by atoms with E-state index in [1.807, 2.05) is 25.1 Å². The Morgan fingerprint density at radius 2 is 2.15 bits per heavy atom. The molecule has 3 N–H and O–H groups in total. The van der Waals surface area contributed by atoms with E-state index in [9.17, 15) is 9.59 Å². The van der Waals surface area contributed by atoms with Crippen LogP contribution in [0.15, 0.2) is 28.7 Å². The molecule has 0 fully saturated rings. The zero-order valence-electron chi connectivity index (χ0n) is 11.4. The van der Waals surface area contributed by atoms with Gasteiger partial charge >= 0.3 is 5.97 Å². The number of halogens is 1. The predicted molar refractivity (Wildman–Crippen MR) is 81.7 cm³/mol. The molecule has 20 heavy (non-hydrogen) atoms. The number of hydrogen-bond acceptors (Lipinski definition) is 3. The Morgan fingerprint density at radius 3 is 2.75 bits per heavy atom. The number of carboxylic acid groups (broad SMARTS) is 1. The molecule has 0 saturated heterocycles. The van der Waals surface area contributed by atoms with Gasteiger partial charge in [-0.25, -0.2) is 0 Å². The molecule has 0 saturated carbocycles. The SMILES string of the molecule is CCCC(NCCC(=O)Nc1cccc(Br)c1)C(=O)O. The van der Waals surface area contributed by atoms with Gasteiger partial charge in [0.1, 0.15) is 6.04 Å². The number of carbonyl (C=O) groups is 2. The number of rotatable bonds is 8. The van der Waals surface area contributed by atoms with Crippen molar-refractivity contribution in [1.82, 2.24) is 5.32 Å². The molecule has 1 atom stereocenters. The number of hydrogen-bond donors (Lipinski definition) is 3. The van der Waals surface area contributed by atoms with Crippen molar-refractivity contribution in [2.75, 3.05) is 11.9 Å². The molecule has 1 unspecified atom stereocenters. The second-order valence-electron chi connectivity index (χ2n) is 4.44. The Balaban J connectivity index is 2.34. The molecule has 1 rings (SSSR count). The first kappa shape index (κ1) is 16.7. The van der Waals surface area contributed by atoms with Crippen LogP contribution in [0.2, 0.25) is 0 Å². The molecule has 5 nitrogen and oxygen atoms in total. The number of nitrogens with one attached hydrogen (secondary N) is 2. The molecule has 110 valence electrons. The van der Waals surface area contributed by atoms with E-state index in [0.29, 0.717) is 18.7 Å². The summed E-state index contributed by atoms with van der Waals surface area (Å²) < 4.78 is 0.891. The molecule has 0 radical (unpaired) electrons. The Bertz CT molecular complexity index is 465. The summed E-state index contributed by atoms with van der Waals surface area (Å²) in [6, 6.07) is 6.73. The quantitative estimate of drug-likeness (QED) is 0.678. The van der Waals surface area contributed by atoms with Crippen molar-refractivity contribution in [3.8, 4) is 0 Å². The van der Waals surface area contributed by atoms with E-state index in [2.05, 4.69) is 26.6 Å². The number of aliphatic carboxylic acids is 1. The highest BCUT2D eigenvalue weighted by molar-refractivity contribution is 9.10. The second kappa shape index (κ2) is 8.71. The lowest BCUT2D eigenvalue weighted by molar-refractivity contribution is -0.139. The summed E-state index contributed by atoms with van der Waals surface area (Å²) in [4.78, 5) is 22.6. The first-order chi connectivity index (χ1) is 9.52. The van der Waals surface area contributed by atoms with Gasteiger partial charge in [-0.2, -0.15) is 0 Å². The summed E-state index contributed by atoms with van der Waals surface area (Å²) in [5.41, 5.74) is 0.715. The zero-order valence-corrected chi connectivity index (χ0v) is 12.9. The second-order valence-corrected chi connectivity index (χ2v) is 5.36. The average molecular weight is 343 g/mol. The van der Waals surface area contributed by atoms with Crippen LogP contribution in [0.3, 0.4) is 0 Å². The fourth-order valence-electron chi connectivity index (χ4n) is 1.75. The van der Waals surface area contributed by atoms with Gasteiger partial charge in [0.25, 0.3) is 0 Å². The van der Waals surface area contributed by atoms with Crippen LogP contribution in [-0.4, -0.2) is 29.6 Å². The summed E-state index contributed by atoms with van der Waals surface area (Å²) >= 11 is 3.33. The molecule has 0 spiro atoms. The van der Waals surface area contributed by atoms with E-state index in [-0.39, 0.29) is 12.3 Å². The van der Waals surface area contributed by atoms with E-state index in [0.717, 1.165) is 10.9 Å². The molecule has 0 bridgehead atoms. The third kappa shape index (κ3) is 6.16. The third-order valence-corrected chi connectivity index (χ3v) is 3.22. The maximum atomic E-state index is 11.7. The van der Waals surface area contributed by atoms with E-state index in [4.69, 9.17) is 5.11 Å². The molecular formula is C14H19BrN2O3. The van der Waals surface area contributed by atoms with Gasteiger partial charge in [0.15, 0.2) is 0 Å². The standard InChI is InChI=1S/C14H19BrN2O3/c1-2-4-12(14(19)20)16-8-7-13(18)17-11-6-3-5-10(15)9-11/h3,5-6,9,12,16H,2,4,7-8H2,1H3,(H,17,18)(H,19,20). The van der Waals surface area contributed by atoms with Gasteiger partial charge in [-0.15, -0.1) is 0 Å². The Labute approximate surface area is 126 Å². The number of benzene rings is 1. The summed E-state index contributed by atoms with van der Waals surface area (Å²) in [6.45, 7) is 2.27. The highest BCUT2D eigenvalue weighted by atomic mass is 79.9. The van der Waals surface area contributed by atoms with Crippen molar-refractivity contribution in [2.24, 2.45) is 0 Å². The van der Waals surface area contributed by atoms with Crippen LogP contribution in [0.25, 0.3) is 0 Å². The van der Waals surface area contributed by atoms with Gasteiger partial charge in [-0.3, -0.25) is 9.59 Å². The maximum Gasteiger partial charge on any atom is 0.320 e. The summed E-state index contributed by atoms with van der Waals surface area (Å²) in [5, 5.41) is 14.6. The fourth-order valence-corrected chi connectivity index (χ4v) is 2.15. The van der Waals surface area contributed by atoms with Gasteiger partial charge in [0.2, 0.25) is 5.91 Å². The van der Waals surface area contributed by atoms with Crippen LogP contribution in [0.4, 0.5) is 5.69 Å². The van der Waals surface area contributed by atoms with Gasteiger partial charge in [0, 0.05) is 23.1 Å². The molecule has 0 aliphatic heterocycles. The summed E-state index contributed by atoms with van der Waals surface area (Å²) in [6.07, 6.45) is 1.58. The van der Waals surface area contributed by atoms with Crippen molar-refractivity contribution in [3.63, 3.8) is 0 Å². The maximum absolute atomic E-state index is 11.7. The van der Waals surface area contributed by atoms with Crippen LogP contribution in [0.5, 0.6) is 0 Å². The lowest BCUT2D eigenvalue weighted by atomic mass is 10.1. The van der Waals surface area contributed by atoms with Gasteiger partial charge in [0.05, 0.1) is 0 Å². The van der Waals surface area contributed by atoms with E-state index < -0.39 is 12.0 Å². The molecule has 1 aromatic rings. The third-order valence-electron chi connectivity index (χ3n) is 2.73.